The highest BCUT2D eigenvalue weighted by molar-refractivity contribution is 7.11. The molecule has 0 aliphatic carbocycles. The third-order valence-electron chi connectivity index (χ3n) is 2.77. The molecular weight excluding hydrogens is 266 g/mol. The van der Waals surface area contributed by atoms with Crippen LogP contribution in [-0.2, 0) is 0 Å². The summed E-state index contributed by atoms with van der Waals surface area (Å²) in [6.45, 7) is 4.89. The summed E-state index contributed by atoms with van der Waals surface area (Å²) in [5.41, 5.74) is -1.16. The monoisotopic (exact) mass is 279 g/mol. The number of aromatic nitrogens is 3. The van der Waals surface area contributed by atoms with Crippen molar-refractivity contribution in [2.75, 3.05) is 0 Å². The van der Waals surface area contributed by atoms with Gasteiger partial charge < -0.3 is 4.98 Å². The second-order valence-electron chi connectivity index (χ2n) is 4.22. The van der Waals surface area contributed by atoms with Gasteiger partial charge in [0.1, 0.15) is 5.01 Å². The van der Waals surface area contributed by atoms with Crippen molar-refractivity contribution in [3.05, 3.63) is 48.7 Å². The van der Waals surface area contributed by atoms with E-state index in [9.17, 15) is 14.4 Å². The SMILES string of the molecule is CC(=O)c1c[nH]c(=O)n(C(C)c2ncc(C)s2)c1=O. The second kappa shape index (κ2) is 4.93. The Balaban J connectivity index is 2.62. The van der Waals surface area contributed by atoms with Crippen molar-refractivity contribution in [1.29, 1.82) is 0 Å². The molecule has 0 aromatic carbocycles. The summed E-state index contributed by atoms with van der Waals surface area (Å²) < 4.78 is 1.02. The topological polar surface area (TPSA) is 84.8 Å². The Morgan fingerprint density at radius 1 is 1.47 bits per heavy atom. The summed E-state index contributed by atoms with van der Waals surface area (Å²) in [4.78, 5) is 42.9. The Labute approximate surface area is 112 Å². The van der Waals surface area contributed by atoms with Gasteiger partial charge in [0.15, 0.2) is 5.78 Å². The summed E-state index contributed by atoms with van der Waals surface area (Å²) in [6.07, 6.45) is 2.84. The first kappa shape index (κ1) is 13.4. The maximum absolute atomic E-state index is 12.2. The van der Waals surface area contributed by atoms with Crippen LogP contribution in [0.25, 0.3) is 0 Å². The zero-order valence-corrected chi connectivity index (χ0v) is 11.6. The molecule has 1 atom stereocenters. The van der Waals surface area contributed by atoms with Crippen molar-refractivity contribution in [2.24, 2.45) is 0 Å². The number of ketones is 1. The minimum atomic E-state index is -0.586. The number of Topliss-reactive ketones (excluding diaryl/α,β-unsaturated/α-hetero) is 1. The Bertz CT molecular complexity index is 741. The second-order valence-corrected chi connectivity index (χ2v) is 5.49. The molecule has 100 valence electrons. The number of carbonyl (C=O) groups is 1. The predicted molar refractivity (Wildman–Crippen MR) is 72.0 cm³/mol. The number of rotatable bonds is 3. The molecule has 0 aliphatic rings. The minimum Gasteiger partial charge on any atom is -0.313 e. The molecule has 19 heavy (non-hydrogen) atoms. The number of hydrogen-bond donors (Lipinski definition) is 1. The van der Waals surface area contributed by atoms with Crippen LogP contribution in [0, 0.1) is 6.92 Å². The zero-order chi connectivity index (χ0) is 14.2. The number of hydrogen-bond acceptors (Lipinski definition) is 5. The molecule has 2 rings (SSSR count). The van der Waals surface area contributed by atoms with Crippen LogP contribution in [0.5, 0.6) is 0 Å². The van der Waals surface area contributed by atoms with Crippen molar-refractivity contribution in [2.45, 2.75) is 26.8 Å². The molecule has 0 fully saturated rings. The number of H-pyrrole nitrogens is 1. The van der Waals surface area contributed by atoms with Crippen LogP contribution >= 0.6 is 11.3 Å². The molecule has 0 aliphatic heterocycles. The number of nitrogens with zero attached hydrogens (tertiary/aromatic N) is 2. The summed E-state index contributed by atoms with van der Waals surface area (Å²) in [6, 6.07) is -0.505. The average molecular weight is 279 g/mol. The van der Waals surface area contributed by atoms with Gasteiger partial charge in [-0.1, -0.05) is 0 Å². The Morgan fingerprint density at radius 2 is 2.16 bits per heavy atom. The van der Waals surface area contributed by atoms with E-state index in [1.165, 1.54) is 18.3 Å². The molecule has 7 heteroatoms. The molecule has 1 N–H and O–H groups in total. The highest BCUT2D eigenvalue weighted by Crippen LogP contribution is 2.20. The zero-order valence-electron chi connectivity index (χ0n) is 10.8. The molecule has 0 radical (unpaired) electrons. The fraction of sp³-hybridized carbons (Fsp3) is 0.333. The molecule has 0 bridgehead atoms. The Kier molecular flexibility index (Phi) is 3.48. The van der Waals surface area contributed by atoms with Crippen LogP contribution in [0.4, 0.5) is 0 Å². The van der Waals surface area contributed by atoms with Gasteiger partial charge >= 0.3 is 5.69 Å². The lowest BCUT2D eigenvalue weighted by Crippen LogP contribution is -2.39. The van der Waals surface area contributed by atoms with Crippen LogP contribution in [0.15, 0.2) is 22.0 Å². The van der Waals surface area contributed by atoms with Crippen molar-refractivity contribution < 1.29 is 4.79 Å². The number of nitrogens with one attached hydrogen (secondary N) is 1. The van der Waals surface area contributed by atoms with E-state index in [0.29, 0.717) is 5.01 Å². The molecule has 1 unspecified atom stereocenters. The molecule has 6 nitrogen and oxygen atoms in total. The predicted octanol–water partition coefficient (Wildman–Crippen LogP) is 1.11. The average Bonchev–Trinajstić information content (AvgIpc) is 2.75. The molecule has 0 saturated heterocycles. The highest BCUT2D eigenvalue weighted by Gasteiger charge is 2.19. The van der Waals surface area contributed by atoms with Gasteiger partial charge in [-0.3, -0.25) is 14.2 Å². The Morgan fingerprint density at radius 3 is 2.68 bits per heavy atom. The summed E-state index contributed by atoms with van der Waals surface area (Å²) in [5, 5.41) is 0.658. The molecule has 2 heterocycles. The van der Waals surface area contributed by atoms with Gasteiger partial charge in [-0.15, -0.1) is 11.3 Å². The van der Waals surface area contributed by atoms with Crippen LogP contribution < -0.4 is 11.2 Å². The van der Waals surface area contributed by atoms with Crippen molar-refractivity contribution in [3.63, 3.8) is 0 Å². The van der Waals surface area contributed by atoms with Gasteiger partial charge in [0.2, 0.25) is 0 Å². The molecule has 2 aromatic heterocycles. The van der Waals surface area contributed by atoms with E-state index in [-0.39, 0.29) is 11.3 Å². The minimum absolute atomic E-state index is 0.0280. The van der Waals surface area contributed by atoms with E-state index < -0.39 is 17.3 Å². The maximum atomic E-state index is 12.2. The van der Waals surface area contributed by atoms with Gasteiger partial charge in [0.05, 0.1) is 11.6 Å². The largest absolute Gasteiger partial charge is 0.329 e. The first-order valence-electron chi connectivity index (χ1n) is 5.69. The summed E-state index contributed by atoms with van der Waals surface area (Å²) >= 11 is 1.41. The van der Waals surface area contributed by atoms with E-state index in [4.69, 9.17) is 0 Å². The lowest BCUT2D eigenvalue weighted by Gasteiger charge is -2.11. The van der Waals surface area contributed by atoms with Crippen LogP contribution in [-0.4, -0.2) is 20.3 Å². The third-order valence-corrected chi connectivity index (χ3v) is 3.85. The number of thiazole rings is 1. The van der Waals surface area contributed by atoms with Crippen LogP contribution in [0.1, 0.15) is 40.1 Å². The van der Waals surface area contributed by atoms with Crippen molar-refractivity contribution in [1.82, 2.24) is 14.5 Å². The summed E-state index contributed by atoms with van der Waals surface area (Å²) in [7, 11) is 0. The molecule has 2 aromatic rings. The fourth-order valence-electron chi connectivity index (χ4n) is 1.77. The first-order valence-corrected chi connectivity index (χ1v) is 6.51. The molecule has 0 spiro atoms. The van der Waals surface area contributed by atoms with Gasteiger partial charge in [-0.25, -0.2) is 9.78 Å². The van der Waals surface area contributed by atoms with E-state index >= 15 is 0 Å². The molecule has 0 saturated carbocycles. The van der Waals surface area contributed by atoms with Gasteiger partial charge in [-0.2, -0.15) is 0 Å². The number of aryl methyl sites for hydroxylation is 1. The summed E-state index contributed by atoms with van der Waals surface area (Å²) in [5.74, 6) is -0.377. The van der Waals surface area contributed by atoms with Gasteiger partial charge in [0, 0.05) is 17.3 Å². The normalized spacial score (nSPS) is 12.4. The van der Waals surface area contributed by atoms with E-state index in [2.05, 4.69) is 9.97 Å². The number of aromatic amines is 1. The first-order chi connectivity index (χ1) is 8.91. The lowest BCUT2D eigenvalue weighted by atomic mass is 10.2. The fourth-order valence-corrected chi connectivity index (χ4v) is 2.58. The van der Waals surface area contributed by atoms with Crippen molar-refractivity contribution >= 4 is 17.1 Å². The maximum Gasteiger partial charge on any atom is 0.329 e. The highest BCUT2D eigenvalue weighted by atomic mass is 32.1. The van der Waals surface area contributed by atoms with Gasteiger partial charge in [-0.05, 0) is 20.8 Å². The van der Waals surface area contributed by atoms with Crippen molar-refractivity contribution in [3.8, 4) is 0 Å². The van der Waals surface area contributed by atoms with E-state index in [1.807, 2.05) is 6.92 Å². The lowest BCUT2D eigenvalue weighted by molar-refractivity contribution is 0.101. The number of carbonyl (C=O) groups excluding carboxylic acids is 1. The smallest absolute Gasteiger partial charge is 0.313 e. The standard InChI is InChI=1S/C12H13N3O3S/c1-6-4-13-10(19-6)7(2)15-11(17)9(8(3)16)5-14-12(15)18/h4-5,7H,1-3H3,(H,14,18). The molecular formula is C12H13N3O3S. The Hall–Kier alpha value is -2.02. The van der Waals surface area contributed by atoms with Gasteiger partial charge in [0.25, 0.3) is 5.56 Å². The third kappa shape index (κ3) is 2.41. The van der Waals surface area contributed by atoms with Crippen LogP contribution in [0.3, 0.4) is 0 Å². The van der Waals surface area contributed by atoms with E-state index in [0.717, 1.165) is 15.6 Å². The molecule has 0 amide bonds. The quantitative estimate of drug-likeness (QED) is 0.853. The van der Waals surface area contributed by atoms with Crippen LogP contribution in [0.2, 0.25) is 0 Å². The van der Waals surface area contributed by atoms with E-state index in [1.54, 1.807) is 13.1 Å².